The zero-order chi connectivity index (χ0) is 23.5. The molecule has 0 amide bonds. The van der Waals surface area contributed by atoms with Gasteiger partial charge in [0.25, 0.3) is 5.56 Å². The molecule has 0 aliphatic heterocycles. The predicted molar refractivity (Wildman–Crippen MR) is 127 cm³/mol. The highest BCUT2D eigenvalue weighted by atomic mass is 32.2. The number of nitrogens with zero attached hydrogens (tertiary/aromatic N) is 1. The maximum absolute atomic E-state index is 12.3. The second kappa shape index (κ2) is 9.27. The van der Waals surface area contributed by atoms with Crippen LogP contribution in [-0.4, -0.2) is 31.3 Å². The topological polar surface area (TPSA) is 110 Å². The van der Waals surface area contributed by atoms with E-state index in [2.05, 4.69) is 9.71 Å². The Balaban J connectivity index is 2.05. The highest BCUT2D eigenvalue weighted by molar-refractivity contribution is 7.92. The van der Waals surface area contributed by atoms with Gasteiger partial charge in [0.05, 0.1) is 19.1 Å². The Labute approximate surface area is 186 Å². The summed E-state index contributed by atoms with van der Waals surface area (Å²) in [5.41, 5.74) is 2.61. The highest BCUT2D eigenvalue weighted by Gasteiger charge is 2.15. The largest absolute Gasteiger partial charge is 0.496 e. The zero-order valence-corrected chi connectivity index (χ0v) is 19.1. The summed E-state index contributed by atoms with van der Waals surface area (Å²) in [5, 5.41) is 0. The maximum atomic E-state index is 12.3. The van der Waals surface area contributed by atoms with Crippen LogP contribution in [0.2, 0.25) is 0 Å². The van der Waals surface area contributed by atoms with Crippen molar-refractivity contribution in [1.29, 1.82) is 0 Å². The molecule has 168 valence electrons. The number of hydrogen-bond acceptors (Lipinski definition) is 5. The van der Waals surface area contributed by atoms with Crippen LogP contribution in [0, 0.1) is 0 Å². The summed E-state index contributed by atoms with van der Waals surface area (Å²) in [7, 11) is -1.75. The molecular weight excluding hydrogens is 430 g/mol. The molecule has 0 unspecified atom stereocenters. The van der Waals surface area contributed by atoms with Gasteiger partial charge in [0.15, 0.2) is 0 Å². The quantitative estimate of drug-likeness (QED) is 0.532. The number of benzene rings is 2. The highest BCUT2D eigenvalue weighted by Crippen LogP contribution is 2.34. The van der Waals surface area contributed by atoms with E-state index in [1.165, 1.54) is 16.8 Å². The monoisotopic (exact) mass is 455 g/mol. The fraction of sp³-hybridized carbons (Fsp3) is 0.217. The van der Waals surface area contributed by atoms with Crippen molar-refractivity contribution in [2.24, 2.45) is 0 Å². The van der Waals surface area contributed by atoms with E-state index < -0.39 is 21.3 Å². The van der Waals surface area contributed by atoms with Crippen molar-refractivity contribution in [1.82, 2.24) is 9.55 Å². The van der Waals surface area contributed by atoms with Crippen LogP contribution < -0.4 is 20.7 Å². The van der Waals surface area contributed by atoms with Crippen LogP contribution in [0.1, 0.15) is 36.5 Å². The number of hydrogen-bond donors (Lipinski definition) is 2. The molecular formula is C23H25N3O5S. The van der Waals surface area contributed by atoms with Crippen LogP contribution in [0.4, 0.5) is 5.69 Å². The van der Waals surface area contributed by atoms with Gasteiger partial charge in [-0.2, -0.15) is 0 Å². The maximum Gasteiger partial charge on any atom is 0.332 e. The van der Waals surface area contributed by atoms with Crippen LogP contribution in [0.3, 0.4) is 0 Å². The average molecular weight is 456 g/mol. The van der Waals surface area contributed by atoms with E-state index in [1.807, 2.05) is 32.1 Å². The number of nitrogens with one attached hydrogen (secondary N) is 2. The van der Waals surface area contributed by atoms with Crippen LogP contribution in [0.5, 0.6) is 5.75 Å². The Morgan fingerprint density at radius 1 is 1.06 bits per heavy atom. The van der Waals surface area contributed by atoms with Crippen molar-refractivity contribution in [3.8, 4) is 11.4 Å². The van der Waals surface area contributed by atoms with E-state index in [9.17, 15) is 18.0 Å². The summed E-state index contributed by atoms with van der Waals surface area (Å²) < 4.78 is 32.2. The smallest absolute Gasteiger partial charge is 0.332 e. The van der Waals surface area contributed by atoms with Gasteiger partial charge in [-0.05, 0) is 41.3 Å². The normalized spacial score (nSPS) is 11.8. The van der Waals surface area contributed by atoms with E-state index in [-0.39, 0.29) is 5.92 Å². The van der Waals surface area contributed by atoms with E-state index in [4.69, 9.17) is 4.74 Å². The third-order valence-corrected chi connectivity index (χ3v) is 5.34. The summed E-state index contributed by atoms with van der Waals surface area (Å²) in [6.07, 6.45) is 6.27. The number of aromatic nitrogens is 2. The Morgan fingerprint density at radius 2 is 1.75 bits per heavy atom. The predicted octanol–water partition coefficient (Wildman–Crippen LogP) is 3.20. The van der Waals surface area contributed by atoms with E-state index in [1.54, 1.807) is 37.4 Å². The summed E-state index contributed by atoms with van der Waals surface area (Å²) in [6.45, 7) is 4.05. The fourth-order valence-electron chi connectivity index (χ4n) is 3.27. The van der Waals surface area contributed by atoms with Crippen LogP contribution in [0.25, 0.3) is 17.8 Å². The van der Waals surface area contributed by atoms with Crippen molar-refractivity contribution in [3.63, 3.8) is 0 Å². The molecule has 32 heavy (non-hydrogen) atoms. The van der Waals surface area contributed by atoms with Gasteiger partial charge in [-0.1, -0.05) is 38.1 Å². The lowest BCUT2D eigenvalue weighted by Gasteiger charge is -2.17. The molecule has 3 aromatic rings. The third kappa shape index (κ3) is 5.55. The minimum Gasteiger partial charge on any atom is -0.496 e. The van der Waals surface area contributed by atoms with Crippen LogP contribution in [-0.2, 0) is 10.0 Å². The first-order chi connectivity index (χ1) is 15.1. The van der Waals surface area contributed by atoms with E-state index in [0.717, 1.165) is 22.9 Å². The number of ether oxygens (including phenoxy) is 1. The molecule has 9 heteroatoms. The standard InChI is InChI=1S/C23H25N3O5S/c1-15(2)20-14-19(26-12-11-21(27)24-23(26)28)13-17(22(20)31-3)8-5-16-6-9-18(10-7-16)25-32(4,29)30/h5-15,25H,1-4H3,(H,24,27,28)/b8-5+. The fourth-order valence-corrected chi connectivity index (χ4v) is 3.83. The van der Waals surface area contributed by atoms with Crippen molar-refractivity contribution in [2.75, 3.05) is 18.1 Å². The molecule has 3 rings (SSSR count). The zero-order valence-electron chi connectivity index (χ0n) is 18.2. The molecule has 0 bridgehead atoms. The number of rotatable bonds is 7. The Bertz CT molecular complexity index is 1370. The average Bonchev–Trinajstić information content (AvgIpc) is 2.71. The summed E-state index contributed by atoms with van der Waals surface area (Å²) >= 11 is 0. The van der Waals surface area contributed by atoms with Gasteiger partial charge in [-0.3, -0.25) is 19.1 Å². The molecule has 2 aromatic carbocycles. The first kappa shape index (κ1) is 23.1. The van der Waals surface area contributed by atoms with Crippen LogP contribution in [0.15, 0.2) is 58.3 Å². The molecule has 0 fully saturated rings. The summed E-state index contributed by atoms with van der Waals surface area (Å²) in [5.74, 6) is 0.810. The Hall–Kier alpha value is -3.59. The number of methoxy groups -OCH3 is 1. The van der Waals surface area contributed by atoms with Gasteiger partial charge in [-0.25, -0.2) is 13.2 Å². The van der Waals surface area contributed by atoms with Crippen molar-refractivity contribution < 1.29 is 13.2 Å². The number of anilines is 1. The van der Waals surface area contributed by atoms with Gasteiger partial charge in [0.1, 0.15) is 5.75 Å². The minimum atomic E-state index is -3.34. The first-order valence-electron chi connectivity index (χ1n) is 9.87. The Morgan fingerprint density at radius 3 is 2.31 bits per heavy atom. The van der Waals surface area contributed by atoms with Gasteiger partial charge < -0.3 is 4.74 Å². The number of sulfonamides is 1. The van der Waals surface area contributed by atoms with Gasteiger partial charge in [-0.15, -0.1) is 0 Å². The molecule has 0 aliphatic carbocycles. The van der Waals surface area contributed by atoms with Gasteiger partial charge in [0.2, 0.25) is 10.0 Å². The summed E-state index contributed by atoms with van der Waals surface area (Å²) in [4.78, 5) is 26.0. The first-order valence-corrected chi connectivity index (χ1v) is 11.8. The summed E-state index contributed by atoms with van der Waals surface area (Å²) in [6, 6.07) is 11.9. The van der Waals surface area contributed by atoms with Crippen LogP contribution >= 0.6 is 0 Å². The lowest BCUT2D eigenvalue weighted by Crippen LogP contribution is -2.27. The molecule has 0 spiro atoms. The lowest BCUT2D eigenvalue weighted by atomic mass is 9.97. The SMILES string of the molecule is COc1c(/C=C/c2ccc(NS(C)(=O)=O)cc2)cc(-n2ccc(=O)[nH]c2=O)cc1C(C)C. The second-order valence-corrected chi connectivity index (χ2v) is 9.37. The van der Waals surface area contributed by atoms with Gasteiger partial charge in [0, 0.05) is 23.5 Å². The van der Waals surface area contributed by atoms with Crippen molar-refractivity contribution >= 4 is 27.9 Å². The molecule has 1 aromatic heterocycles. The van der Waals surface area contributed by atoms with E-state index >= 15 is 0 Å². The molecule has 1 heterocycles. The minimum absolute atomic E-state index is 0.122. The molecule has 0 saturated heterocycles. The molecule has 0 saturated carbocycles. The number of aromatic amines is 1. The molecule has 8 nitrogen and oxygen atoms in total. The number of H-pyrrole nitrogens is 1. The molecule has 0 radical (unpaired) electrons. The molecule has 2 N–H and O–H groups in total. The molecule has 0 atom stereocenters. The second-order valence-electron chi connectivity index (χ2n) is 7.62. The Kier molecular flexibility index (Phi) is 6.69. The lowest BCUT2D eigenvalue weighted by molar-refractivity contribution is 0.406. The third-order valence-electron chi connectivity index (χ3n) is 4.73. The van der Waals surface area contributed by atoms with E-state index in [0.29, 0.717) is 17.1 Å². The van der Waals surface area contributed by atoms with Gasteiger partial charge >= 0.3 is 5.69 Å². The van der Waals surface area contributed by atoms with Crippen molar-refractivity contribution in [2.45, 2.75) is 19.8 Å². The van der Waals surface area contributed by atoms with Crippen molar-refractivity contribution in [3.05, 3.63) is 86.2 Å². The molecule has 0 aliphatic rings.